The van der Waals surface area contributed by atoms with Gasteiger partial charge in [0.1, 0.15) is 0 Å². The first-order valence-electron chi connectivity index (χ1n) is 14.8. The average Bonchev–Trinajstić information content (AvgIpc) is 2.80. The van der Waals surface area contributed by atoms with E-state index in [1.54, 1.807) is 5.57 Å². The maximum absolute atomic E-state index is 5.49. The third-order valence-electron chi connectivity index (χ3n) is 6.83. The van der Waals surface area contributed by atoms with Crippen LogP contribution in [0.4, 0.5) is 0 Å². The molecule has 0 fully saturated rings. The van der Waals surface area contributed by atoms with Crippen LogP contribution in [0.2, 0.25) is 0 Å². The zero-order valence-electron chi connectivity index (χ0n) is 24.5. The number of hydrogen-bond donors (Lipinski definition) is 0. The second-order valence-electron chi connectivity index (χ2n) is 10.4. The summed E-state index contributed by atoms with van der Waals surface area (Å²) in [6.45, 7) is 20.1. The molecule has 1 heteroatoms. The Balaban J connectivity index is 0. The number of nitrogens with zero attached hydrogens (tertiary/aromatic N) is 1. The summed E-state index contributed by atoms with van der Waals surface area (Å²) in [7, 11) is 0. The Kier molecular flexibility index (Phi) is 25.2. The molecular weight excluding hydrogens is 398 g/mol. The van der Waals surface area contributed by atoms with E-state index < -0.39 is 0 Å². The summed E-state index contributed by atoms with van der Waals surface area (Å²) < 4.78 is 0. The molecule has 0 saturated heterocycles. The monoisotopic (exact) mass is 461 g/mol. The van der Waals surface area contributed by atoms with Crippen LogP contribution in [-0.2, 0) is 0 Å². The minimum atomic E-state index is 0.655. The standard InChI is InChI=1S/C24H43N.C6H14.C2H6/c1-6-9-12-13-14-15-18-24-20-25(22(24)5)21(4)19-23(16-10-7-2)17-11-8-3;1-4-5-6(2)3;1-2/h2,20-23H,6,8-19H2,1,3-5H3;6H,4-5H2,1-3H3;1-2H3. The van der Waals surface area contributed by atoms with Gasteiger partial charge in [0, 0.05) is 24.7 Å². The van der Waals surface area contributed by atoms with E-state index in [4.69, 9.17) is 6.42 Å². The molecule has 196 valence electrons. The van der Waals surface area contributed by atoms with Crippen LogP contribution in [0.5, 0.6) is 0 Å². The SMILES string of the molecule is C#CCCC(CCCC)CC(C)N1C=C(CCCCCCCC)C1C.CC.CCCC(C)C. The third kappa shape index (κ3) is 18.1. The van der Waals surface area contributed by atoms with Crippen LogP contribution >= 0.6 is 0 Å². The van der Waals surface area contributed by atoms with E-state index in [0.29, 0.717) is 12.1 Å². The fourth-order valence-electron chi connectivity index (χ4n) is 4.75. The highest BCUT2D eigenvalue weighted by atomic mass is 15.2. The average molecular weight is 462 g/mol. The number of hydrogen-bond acceptors (Lipinski definition) is 1. The van der Waals surface area contributed by atoms with E-state index in [9.17, 15) is 0 Å². The van der Waals surface area contributed by atoms with Crippen molar-refractivity contribution in [1.29, 1.82) is 0 Å². The molecule has 1 nitrogen and oxygen atoms in total. The molecule has 0 aromatic carbocycles. The fourth-order valence-corrected chi connectivity index (χ4v) is 4.75. The fraction of sp³-hybridized carbons (Fsp3) is 0.875. The van der Waals surface area contributed by atoms with E-state index in [1.165, 1.54) is 89.9 Å². The molecule has 33 heavy (non-hydrogen) atoms. The summed E-state index contributed by atoms with van der Waals surface area (Å²) in [5, 5.41) is 0. The van der Waals surface area contributed by atoms with Gasteiger partial charge in [-0.15, -0.1) is 12.3 Å². The summed E-state index contributed by atoms with van der Waals surface area (Å²) >= 11 is 0. The van der Waals surface area contributed by atoms with Crippen LogP contribution in [0, 0.1) is 24.2 Å². The van der Waals surface area contributed by atoms with Crippen molar-refractivity contribution in [1.82, 2.24) is 4.90 Å². The highest BCUT2D eigenvalue weighted by Crippen LogP contribution is 2.32. The quantitative estimate of drug-likeness (QED) is 0.154. The molecule has 0 aliphatic carbocycles. The van der Waals surface area contributed by atoms with Crippen molar-refractivity contribution >= 4 is 0 Å². The predicted molar refractivity (Wildman–Crippen MR) is 154 cm³/mol. The Morgan fingerprint density at radius 1 is 0.848 bits per heavy atom. The van der Waals surface area contributed by atoms with Crippen molar-refractivity contribution in [2.45, 2.75) is 171 Å². The maximum atomic E-state index is 5.49. The molecule has 3 atom stereocenters. The smallest absolute Gasteiger partial charge is 0.0488 e. The summed E-state index contributed by atoms with van der Waals surface area (Å²) in [6, 6.07) is 1.31. The van der Waals surface area contributed by atoms with Crippen LogP contribution in [0.25, 0.3) is 0 Å². The summed E-state index contributed by atoms with van der Waals surface area (Å²) in [4.78, 5) is 2.60. The van der Waals surface area contributed by atoms with Crippen molar-refractivity contribution in [2.75, 3.05) is 0 Å². The molecule has 1 aliphatic heterocycles. The van der Waals surface area contributed by atoms with E-state index in [2.05, 4.69) is 65.5 Å². The van der Waals surface area contributed by atoms with Crippen molar-refractivity contribution in [3.05, 3.63) is 11.8 Å². The van der Waals surface area contributed by atoms with Gasteiger partial charge in [0.05, 0.1) is 0 Å². The molecule has 0 aromatic rings. The minimum absolute atomic E-state index is 0.655. The van der Waals surface area contributed by atoms with Gasteiger partial charge >= 0.3 is 0 Å². The first-order valence-corrected chi connectivity index (χ1v) is 14.8. The number of rotatable bonds is 17. The van der Waals surface area contributed by atoms with Crippen LogP contribution in [0.1, 0.15) is 159 Å². The van der Waals surface area contributed by atoms with Gasteiger partial charge in [-0.05, 0) is 56.9 Å². The van der Waals surface area contributed by atoms with Crippen molar-refractivity contribution in [3.8, 4) is 12.3 Å². The van der Waals surface area contributed by atoms with E-state index in [0.717, 1.165) is 18.3 Å². The van der Waals surface area contributed by atoms with Crippen molar-refractivity contribution in [2.24, 2.45) is 11.8 Å². The Morgan fingerprint density at radius 2 is 1.45 bits per heavy atom. The Labute approximate surface area is 211 Å². The number of unbranched alkanes of at least 4 members (excludes halogenated alkanes) is 6. The highest BCUT2D eigenvalue weighted by molar-refractivity contribution is 5.21. The van der Waals surface area contributed by atoms with Gasteiger partial charge in [0.2, 0.25) is 0 Å². The molecule has 0 bridgehead atoms. The van der Waals surface area contributed by atoms with Crippen LogP contribution in [-0.4, -0.2) is 17.0 Å². The summed E-state index contributed by atoms with van der Waals surface area (Å²) in [5.74, 6) is 4.54. The van der Waals surface area contributed by atoms with Crippen molar-refractivity contribution < 1.29 is 0 Å². The van der Waals surface area contributed by atoms with Gasteiger partial charge in [-0.1, -0.05) is 113 Å². The van der Waals surface area contributed by atoms with Gasteiger partial charge in [-0.3, -0.25) is 0 Å². The molecule has 1 aliphatic rings. The van der Waals surface area contributed by atoms with Gasteiger partial charge < -0.3 is 4.90 Å². The van der Waals surface area contributed by atoms with Gasteiger partial charge in [-0.25, -0.2) is 0 Å². The second kappa shape index (κ2) is 24.2. The van der Waals surface area contributed by atoms with E-state index in [-0.39, 0.29) is 0 Å². The van der Waals surface area contributed by atoms with Gasteiger partial charge in [0.25, 0.3) is 0 Å². The van der Waals surface area contributed by atoms with E-state index in [1.807, 2.05) is 13.8 Å². The van der Waals surface area contributed by atoms with Crippen molar-refractivity contribution in [3.63, 3.8) is 0 Å². The largest absolute Gasteiger partial charge is 0.368 e. The number of terminal acetylenes is 1. The molecule has 1 rings (SSSR count). The first kappa shape index (κ1) is 34.3. The van der Waals surface area contributed by atoms with Gasteiger partial charge in [0.15, 0.2) is 0 Å². The lowest BCUT2D eigenvalue weighted by molar-refractivity contribution is 0.171. The zero-order chi connectivity index (χ0) is 25.5. The highest BCUT2D eigenvalue weighted by Gasteiger charge is 2.29. The van der Waals surface area contributed by atoms with Crippen LogP contribution in [0.15, 0.2) is 11.8 Å². The maximum Gasteiger partial charge on any atom is 0.0488 e. The molecule has 0 radical (unpaired) electrons. The topological polar surface area (TPSA) is 3.24 Å². The summed E-state index contributed by atoms with van der Waals surface area (Å²) in [6.07, 6.45) is 27.8. The predicted octanol–water partition coefficient (Wildman–Crippen LogP) is 10.8. The normalized spacial score (nSPS) is 16.5. The minimum Gasteiger partial charge on any atom is -0.368 e. The third-order valence-corrected chi connectivity index (χ3v) is 6.83. The molecule has 3 unspecified atom stereocenters. The lowest BCUT2D eigenvalue weighted by Crippen LogP contribution is -2.45. The lowest BCUT2D eigenvalue weighted by Gasteiger charge is -2.44. The molecule has 0 N–H and O–H groups in total. The van der Waals surface area contributed by atoms with Crippen LogP contribution in [0.3, 0.4) is 0 Å². The Hall–Kier alpha value is -0.900. The Morgan fingerprint density at radius 3 is 1.94 bits per heavy atom. The van der Waals surface area contributed by atoms with Gasteiger partial charge in [-0.2, -0.15) is 0 Å². The molecule has 0 aromatic heterocycles. The lowest BCUT2D eigenvalue weighted by atomic mass is 9.87. The van der Waals surface area contributed by atoms with E-state index >= 15 is 0 Å². The van der Waals surface area contributed by atoms with Crippen LogP contribution < -0.4 is 0 Å². The summed E-state index contributed by atoms with van der Waals surface area (Å²) in [5.41, 5.74) is 1.68. The molecule has 1 heterocycles. The molecule has 0 spiro atoms. The second-order valence-corrected chi connectivity index (χ2v) is 10.4. The molecule has 0 saturated carbocycles. The molecular formula is C32H63N. The zero-order valence-corrected chi connectivity index (χ0v) is 24.5. The molecule has 0 amide bonds. The Bertz CT molecular complexity index is 469. The first-order chi connectivity index (χ1) is 15.9.